The van der Waals surface area contributed by atoms with Crippen molar-refractivity contribution in [2.45, 2.75) is 63.8 Å². The van der Waals surface area contributed by atoms with E-state index in [1.54, 1.807) is 33.1 Å². The molecule has 0 bridgehead atoms. The third-order valence-electron chi connectivity index (χ3n) is 4.75. The fourth-order valence-electron chi connectivity index (χ4n) is 3.28. The van der Waals surface area contributed by atoms with E-state index in [1.165, 1.54) is 6.42 Å². The van der Waals surface area contributed by atoms with Gasteiger partial charge >= 0.3 is 0 Å². The van der Waals surface area contributed by atoms with Gasteiger partial charge in [0.25, 0.3) is 0 Å². The minimum absolute atomic E-state index is 0.0930. The summed E-state index contributed by atoms with van der Waals surface area (Å²) in [6.07, 6.45) is 7.31. The Morgan fingerprint density at radius 3 is 2.59 bits per heavy atom. The Morgan fingerprint density at radius 1 is 1.30 bits per heavy atom. The monoisotopic (exact) mass is 390 g/mol. The van der Waals surface area contributed by atoms with Gasteiger partial charge in [0.2, 0.25) is 5.91 Å². The highest BCUT2D eigenvalue weighted by molar-refractivity contribution is 7.99. The van der Waals surface area contributed by atoms with Crippen LogP contribution in [0, 0.1) is 6.92 Å². The maximum Gasteiger partial charge on any atom is 0.247 e. The van der Waals surface area contributed by atoms with Crippen molar-refractivity contribution in [1.29, 1.82) is 0 Å². The highest BCUT2D eigenvalue weighted by atomic mass is 32.2. The molecular formula is C21H30N2O3S. The van der Waals surface area contributed by atoms with Crippen LogP contribution in [0.3, 0.4) is 0 Å². The van der Waals surface area contributed by atoms with Crippen LogP contribution in [-0.4, -0.2) is 34.8 Å². The first kappa shape index (κ1) is 21.2. The number of ether oxygens (including phenoxy) is 1. The summed E-state index contributed by atoms with van der Waals surface area (Å²) in [5.74, 6) is 4.33. The minimum atomic E-state index is -2.89. The van der Waals surface area contributed by atoms with Gasteiger partial charge in [0.05, 0.1) is 21.7 Å². The number of amides is 1. The largest absolute Gasteiger partial charge is 0.497 e. The van der Waals surface area contributed by atoms with Gasteiger partial charge in [-0.3, -0.25) is 4.79 Å². The molecule has 0 spiro atoms. The Labute approximate surface area is 163 Å². The molecular weight excluding hydrogens is 360 g/mol. The van der Waals surface area contributed by atoms with Gasteiger partial charge in [-0.25, -0.2) is 4.21 Å². The van der Waals surface area contributed by atoms with E-state index in [4.69, 9.17) is 4.74 Å². The number of carbonyl (C=O) groups is 1. The molecule has 1 atom stereocenters. The average molecular weight is 391 g/mol. The summed E-state index contributed by atoms with van der Waals surface area (Å²) >= 11 is 0. The Hall–Kier alpha value is -2.08. The van der Waals surface area contributed by atoms with Crippen molar-refractivity contribution in [3.05, 3.63) is 35.4 Å². The van der Waals surface area contributed by atoms with Crippen LogP contribution in [0.25, 0.3) is 0 Å². The Morgan fingerprint density at radius 2 is 1.96 bits per heavy atom. The number of benzene rings is 1. The van der Waals surface area contributed by atoms with E-state index >= 15 is 0 Å². The van der Waals surface area contributed by atoms with Gasteiger partial charge in [0.15, 0.2) is 0 Å². The first-order valence-corrected chi connectivity index (χ1v) is 11.0. The molecule has 1 unspecified atom stereocenters. The van der Waals surface area contributed by atoms with Crippen LogP contribution in [0.15, 0.2) is 39.1 Å². The van der Waals surface area contributed by atoms with Gasteiger partial charge in [-0.15, -0.1) is 0 Å². The second kappa shape index (κ2) is 9.22. The molecule has 1 aromatic carbocycles. The lowest BCUT2D eigenvalue weighted by atomic mass is 9.95. The SMILES string of the molecule is C=S(=O)(N=C(C)/C=C(\C)C(=O)NC1CCCCC1)c1cc(OC)ccc1C. The smallest absolute Gasteiger partial charge is 0.247 e. The van der Waals surface area contributed by atoms with Crippen molar-refractivity contribution < 1.29 is 13.7 Å². The zero-order valence-corrected chi connectivity index (χ0v) is 17.5. The normalized spacial score (nSPS) is 18.7. The van der Waals surface area contributed by atoms with Crippen LogP contribution in [0.2, 0.25) is 0 Å². The number of allylic oxidation sites excluding steroid dienone is 1. The highest BCUT2D eigenvalue weighted by Gasteiger charge is 2.17. The maximum absolute atomic E-state index is 13.1. The maximum atomic E-state index is 13.1. The van der Waals surface area contributed by atoms with Crippen LogP contribution < -0.4 is 10.1 Å². The number of aryl methyl sites for hydroxylation is 1. The number of rotatable bonds is 6. The van der Waals surface area contributed by atoms with Gasteiger partial charge in [0, 0.05) is 17.3 Å². The molecule has 148 valence electrons. The first-order valence-electron chi connectivity index (χ1n) is 9.30. The molecule has 1 amide bonds. The van der Waals surface area contributed by atoms with Gasteiger partial charge < -0.3 is 10.1 Å². The molecule has 6 heteroatoms. The quantitative estimate of drug-likeness (QED) is 0.456. The van der Waals surface area contributed by atoms with Crippen molar-refractivity contribution in [1.82, 2.24) is 5.32 Å². The molecule has 0 radical (unpaired) electrons. The number of hydrogen-bond acceptors (Lipinski definition) is 3. The molecule has 1 aliphatic rings. The Bertz CT molecular complexity index is 848. The van der Waals surface area contributed by atoms with Crippen LogP contribution in [-0.2, 0) is 14.5 Å². The standard InChI is InChI=1S/C21H30N2O3S/c1-15-11-12-19(26-4)14-20(15)27(5,25)23-17(3)13-16(2)21(24)22-18-9-7-6-8-10-18/h11-14,18H,5-10H2,1-4H3,(H,22,24)/b16-13+,23-17?. The van der Waals surface area contributed by atoms with E-state index < -0.39 is 9.71 Å². The molecule has 1 fully saturated rings. The molecule has 1 aliphatic carbocycles. The predicted octanol–water partition coefficient (Wildman–Crippen LogP) is 3.85. The lowest BCUT2D eigenvalue weighted by Crippen LogP contribution is -2.36. The molecule has 1 N–H and O–H groups in total. The van der Waals surface area contributed by atoms with E-state index in [0.717, 1.165) is 31.2 Å². The molecule has 1 aromatic rings. The molecule has 27 heavy (non-hydrogen) atoms. The van der Waals surface area contributed by atoms with E-state index in [2.05, 4.69) is 15.6 Å². The number of carbonyl (C=O) groups excluding carboxylic acids is 1. The second-order valence-corrected chi connectivity index (χ2v) is 9.04. The summed E-state index contributed by atoms with van der Waals surface area (Å²) < 4.78 is 22.6. The van der Waals surface area contributed by atoms with Crippen molar-refractivity contribution in [3.63, 3.8) is 0 Å². The van der Waals surface area contributed by atoms with E-state index in [9.17, 15) is 9.00 Å². The van der Waals surface area contributed by atoms with Crippen LogP contribution in [0.1, 0.15) is 51.5 Å². The number of nitrogens with zero attached hydrogens (tertiary/aromatic N) is 1. The van der Waals surface area contributed by atoms with Crippen LogP contribution in [0.5, 0.6) is 5.75 Å². The number of methoxy groups -OCH3 is 1. The molecule has 0 saturated heterocycles. The molecule has 1 saturated carbocycles. The van der Waals surface area contributed by atoms with Gasteiger partial charge in [-0.2, -0.15) is 4.40 Å². The van der Waals surface area contributed by atoms with Gasteiger partial charge in [-0.1, -0.05) is 25.3 Å². The second-order valence-electron chi connectivity index (χ2n) is 7.14. The molecule has 5 nitrogen and oxygen atoms in total. The van der Waals surface area contributed by atoms with Crippen LogP contribution >= 0.6 is 0 Å². The summed E-state index contributed by atoms with van der Waals surface area (Å²) in [5.41, 5.74) is 1.90. The fourth-order valence-corrected chi connectivity index (χ4v) is 4.77. The first-order chi connectivity index (χ1) is 12.7. The van der Waals surface area contributed by atoms with Crippen molar-refractivity contribution in [2.75, 3.05) is 7.11 Å². The summed E-state index contributed by atoms with van der Waals surface area (Å²) in [7, 11) is -1.33. The van der Waals surface area contributed by atoms with Crippen molar-refractivity contribution >= 4 is 27.2 Å². The number of hydrogen-bond donors (Lipinski definition) is 1. The zero-order chi connectivity index (χ0) is 20.0. The summed E-state index contributed by atoms with van der Waals surface area (Å²) in [6, 6.07) is 5.60. The molecule has 2 rings (SSSR count). The van der Waals surface area contributed by atoms with Crippen molar-refractivity contribution in [2.24, 2.45) is 4.40 Å². The number of nitrogens with one attached hydrogen (secondary N) is 1. The minimum Gasteiger partial charge on any atom is -0.497 e. The van der Waals surface area contributed by atoms with E-state index in [-0.39, 0.29) is 11.9 Å². The van der Waals surface area contributed by atoms with Crippen LogP contribution in [0.4, 0.5) is 0 Å². The summed E-state index contributed by atoms with van der Waals surface area (Å²) in [4.78, 5) is 12.9. The lowest BCUT2D eigenvalue weighted by molar-refractivity contribution is -0.118. The lowest BCUT2D eigenvalue weighted by Gasteiger charge is -2.22. The predicted molar refractivity (Wildman–Crippen MR) is 113 cm³/mol. The van der Waals surface area contributed by atoms with Gasteiger partial charge in [-0.05, 0) is 63.3 Å². The molecule has 0 aromatic heterocycles. The summed E-state index contributed by atoms with van der Waals surface area (Å²) in [6.45, 7) is 5.35. The van der Waals surface area contributed by atoms with Crippen molar-refractivity contribution in [3.8, 4) is 5.75 Å². The Balaban J connectivity index is 2.17. The highest BCUT2D eigenvalue weighted by Crippen LogP contribution is 2.23. The topological polar surface area (TPSA) is 67.8 Å². The fraction of sp³-hybridized carbons (Fsp3) is 0.476. The van der Waals surface area contributed by atoms with Gasteiger partial charge in [0.1, 0.15) is 5.75 Å². The van der Waals surface area contributed by atoms with E-state index in [1.807, 2.05) is 19.1 Å². The average Bonchev–Trinajstić information content (AvgIpc) is 2.62. The molecule has 0 heterocycles. The zero-order valence-electron chi connectivity index (χ0n) is 16.7. The third-order valence-corrected chi connectivity index (χ3v) is 6.46. The van der Waals surface area contributed by atoms with E-state index in [0.29, 0.717) is 21.9 Å². The summed E-state index contributed by atoms with van der Waals surface area (Å²) in [5, 5.41) is 3.08. The Kier molecular flexibility index (Phi) is 7.25. The molecule has 0 aliphatic heterocycles. The third kappa shape index (κ3) is 5.96.